The maximum absolute atomic E-state index is 13.5. The van der Waals surface area contributed by atoms with E-state index in [0.29, 0.717) is 23.9 Å². The van der Waals surface area contributed by atoms with Gasteiger partial charge in [-0.25, -0.2) is 9.55 Å². The van der Waals surface area contributed by atoms with Gasteiger partial charge in [0.1, 0.15) is 12.1 Å². The predicted octanol–water partition coefficient (Wildman–Crippen LogP) is 3.02. The van der Waals surface area contributed by atoms with Gasteiger partial charge in [0.2, 0.25) is 5.82 Å². The van der Waals surface area contributed by atoms with E-state index in [1.807, 2.05) is 18.2 Å². The topological polar surface area (TPSA) is 73.4 Å². The van der Waals surface area contributed by atoms with Gasteiger partial charge >= 0.3 is 7.67 Å². The molecule has 1 aliphatic heterocycles. The fourth-order valence-corrected chi connectivity index (χ4v) is 4.38. The Bertz CT molecular complexity index is 958. The van der Waals surface area contributed by atoms with E-state index < -0.39 is 7.67 Å². The van der Waals surface area contributed by atoms with Gasteiger partial charge in [-0.3, -0.25) is 0 Å². The molecule has 0 saturated carbocycles. The zero-order chi connectivity index (χ0) is 16.6. The number of hydrogen-bond acceptors (Lipinski definition) is 5. The molecule has 0 bridgehead atoms. The first-order chi connectivity index (χ1) is 11.7. The van der Waals surface area contributed by atoms with Gasteiger partial charge in [0.05, 0.1) is 12.8 Å². The molecule has 2 aromatic heterocycles. The molecule has 0 saturated heterocycles. The molecule has 24 heavy (non-hydrogen) atoms. The number of terminal acetylenes is 1. The molecule has 120 valence electrons. The first-order valence-electron chi connectivity index (χ1n) is 7.23. The van der Waals surface area contributed by atoms with Gasteiger partial charge < -0.3 is 8.94 Å². The molecule has 0 amide bonds. The number of benzene rings is 1. The molecule has 0 aliphatic carbocycles. The molecule has 0 N–H and O–H groups in total. The van der Waals surface area contributed by atoms with E-state index in [9.17, 15) is 4.57 Å². The number of para-hydroxylation sites is 1. The van der Waals surface area contributed by atoms with Gasteiger partial charge in [0, 0.05) is 12.1 Å². The Morgan fingerprint density at radius 3 is 2.96 bits per heavy atom. The molecule has 3 heterocycles. The lowest BCUT2D eigenvalue weighted by molar-refractivity contribution is 0.328. The van der Waals surface area contributed by atoms with Gasteiger partial charge in [0.15, 0.2) is 5.76 Å². The van der Waals surface area contributed by atoms with Crippen LogP contribution in [0.4, 0.5) is 0 Å². The molecule has 8 heteroatoms. The van der Waals surface area contributed by atoms with Crippen molar-refractivity contribution in [3.63, 3.8) is 0 Å². The van der Waals surface area contributed by atoms with Crippen molar-refractivity contribution in [3.05, 3.63) is 54.6 Å². The van der Waals surface area contributed by atoms with Crippen molar-refractivity contribution in [1.29, 1.82) is 0 Å². The maximum atomic E-state index is 13.5. The van der Waals surface area contributed by atoms with E-state index in [1.54, 1.807) is 22.9 Å². The van der Waals surface area contributed by atoms with Crippen molar-refractivity contribution < 1.29 is 13.5 Å². The zero-order valence-electron chi connectivity index (χ0n) is 12.6. The summed E-state index contributed by atoms with van der Waals surface area (Å²) in [6.45, 7) is 0.579. The average Bonchev–Trinajstić information content (AvgIpc) is 3.27. The summed E-state index contributed by atoms with van der Waals surface area (Å²) in [5.74, 6) is 3.90. The molecule has 3 aromatic rings. The second-order valence-electron chi connectivity index (χ2n) is 5.18. The molecule has 0 radical (unpaired) electrons. The Kier molecular flexibility index (Phi) is 3.49. The largest absolute Gasteiger partial charge is 0.461 e. The Hall–Kier alpha value is -2.81. The van der Waals surface area contributed by atoms with E-state index in [-0.39, 0.29) is 6.54 Å². The van der Waals surface area contributed by atoms with E-state index in [4.69, 9.17) is 15.4 Å². The first kappa shape index (κ1) is 14.8. The summed E-state index contributed by atoms with van der Waals surface area (Å²) in [7, 11) is -3.51. The SMILES string of the molecule is C#CCN1Cc2ccccc2OP1(=O)n1cnc(-c2ccco2)n1. The number of hydrogen-bond donors (Lipinski definition) is 0. The van der Waals surface area contributed by atoms with Crippen molar-refractivity contribution in [2.75, 3.05) is 6.54 Å². The lowest BCUT2D eigenvalue weighted by atomic mass is 10.2. The summed E-state index contributed by atoms with van der Waals surface area (Å²) in [5, 5.41) is 4.27. The molecule has 7 nitrogen and oxygen atoms in total. The summed E-state index contributed by atoms with van der Waals surface area (Å²) >= 11 is 0. The highest BCUT2D eigenvalue weighted by molar-refractivity contribution is 7.55. The number of furan rings is 1. The van der Waals surface area contributed by atoms with Crippen molar-refractivity contribution in [3.8, 4) is 29.7 Å². The van der Waals surface area contributed by atoms with Gasteiger partial charge in [-0.2, -0.15) is 9.12 Å². The highest BCUT2D eigenvalue weighted by atomic mass is 31.2. The standard InChI is InChI=1S/C16H13N4O3P/c1-2-9-19-11-13-6-3-4-7-14(13)23-24(19,21)20-12-17-16(18-20)15-8-5-10-22-15/h1,3-8,10,12H,9,11H2. The summed E-state index contributed by atoms with van der Waals surface area (Å²) < 4.78 is 27.5. The molecular formula is C16H13N4O3P. The fraction of sp³-hybridized carbons (Fsp3) is 0.125. The van der Waals surface area contributed by atoms with Crippen LogP contribution >= 0.6 is 7.67 Å². The highest BCUT2D eigenvalue weighted by Gasteiger charge is 2.41. The highest BCUT2D eigenvalue weighted by Crippen LogP contribution is 2.56. The van der Waals surface area contributed by atoms with Crippen molar-refractivity contribution in [1.82, 2.24) is 19.2 Å². The second kappa shape index (κ2) is 5.68. The van der Waals surface area contributed by atoms with Crippen LogP contribution in [0.15, 0.2) is 53.4 Å². The molecule has 0 fully saturated rings. The van der Waals surface area contributed by atoms with Crippen LogP contribution in [0.5, 0.6) is 5.75 Å². The Labute approximate surface area is 138 Å². The molecule has 0 spiro atoms. The number of rotatable bonds is 3. The molecule has 1 unspecified atom stereocenters. The quantitative estimate of drug-likeness (QED) is 0.539. The van der Waals surface area contributed by atoms with Gasteiger partial charge in [0.25, 0.3) is 0 Å². The van der Waals surface area contributed by atoms with Crippen LogP contribution in [0.2, 0.25) is 0 Å². The third kappa shape index (κ3) is 2.33. The van der Waals surface area contributed by atoms with Gasteiger partial charge in [-0.15, -0.1) is 11.5 Å². The lowest BCUT2D eigenvalue weighted by Gasteiger charge is -2.34. The van der Waals surface area contributed by atoms with Crippen LogP contribution < -0.4 is 4.52 Å². The maximum Gasteiger partial charge on any atom is 0.444 e. The fourth-order valence-electron chi connectivity index (χ4n) is 2.51. The Balaban J connectivity index is 1.77. The average molecular weight is 340 g/mol. The van der Waals surface area contributed by atoms with E-state index in [2.05, 4.69) is 16.0 Å². The van der Waals surface area contributed by atoms with Crippen molar-refractivity contribution >= 4 is 7.67 Å². The minimum atomic E-state index is -3.51. The van der Waals surface area contributed by atoms with Crippen LogP contribution in [0.1, 0.15) is 5.56 Å². The minimum Gasteiger partial charge on any atom is -0.461 e. The van der Waals surface area contributed by atoms with Crippen LogP contribution in [0.3, 0.4) is 0 Å². The summed E-state index contributed by atoms with van der Waals surface area (Å²) in [6.07, 6.45) is 8.33. The number of fused-ring (bicyclic) bond motifs is 1. The Morgan fingerprint density at radius 1 is 1.29 bits per heavy atom. The van der Waals surface area contributed by atoms with Gasteiger partial charge in [-0.05, 0) is 18.2 Å². The van der Waals surface area contributed by atoms with Crippen LogP contribution in [0, 0.1) is 12.3 Å². The number of aromatic nitrogens is 3. The summed E-state index contributed by atoms with van der Waals surface area (Å²) in [6, 6.07) is 10.9. The molecule has 4 rings (SSSR count). The smallest absolute Gasteiger partial charge is 0.444 e. The monoisotopic (exact) mass is 340 g/mol. The van der Waals surface area contributed by atoms with Crippen LogP contribution in [-0.2, 0) is 11.1 Å². The van der Waals surface area contributed by atoms with Crippen LogP contribution in [-0.4, -0.2) is 25.8 Å². The predicted molar refractivity (Wildman–Crippen MR) is 87.0 cm³/mol. The van der Waals surface area contributed by atoms with Crippen LogP contribution in [0.25, 0.3) is 11.6 Å². The van der Waals surface area contributed by atoms with E-state index in [1.165, 1.54) is 17.0 Å². The third-order valence-electron chi connectivity index (χ3n) is 3.65. The van der Waals surface area contributed by atoms with Gasteiger partial charge in [-0.1, -0.05) is 24.1 Å². The van der Waals surface area contributed by atoms with Crippen molar-refractivity contribution in [2.45, 2.75) is 6.54 Å². The first-order valence-corrected chi connectivity index (χ1v) is 8.76. The summed E-state index contributed by atoms with van der Waals surface area (Å²) in [5.41, 5.74) is 0.922. The van der Waals surface area contributed by atoms with E-state index >= 15 is 0 Å². The van der Waals surface area contributed by atoms with Crippen molar-refractivity contribution in [2.24, 2.45) is 0 Å². The molecule has 1 aliphatic rings. The lowest BCUT2D eigenvalue weighted by Crippen LogP contribution is -2.30. The van der Waals surface area contributed by atoms with E-state index in [0.717, 1.165) is 5.56 Å². The molecular weight excluding hydrogens is 327 g/mol. The minimum absolute atomic E-state index is 0.168. The zero-order valence-corrected chi connectivity index (χ0v) is 13.5. The normalized spacial score (nSPS) is 20.1. The summed E-state index contributed by atoms with van der Waals surface area (Å²) in [4.78, 5) is 4.16. The molecule has 1 atom stereocenters. The number of nitrogens with zero attached hydrogens (tertiary/aromatic N) is 4. The third-order valence-corrected chi connectivity index (χ3v) is 5.80. The Morgan fingerprint density at radius 2 is 2.17 bits per heavy atom. The second-order valence-corrected chi connectivity index (χ2v) is 7.32. The molecule has 1 aromatic carbocycles.